The van der Waals surface area contributed by atoms with Crippen molar-refractivity contribution < 1.29 is 19.0 Å². The molecule has 1 unspecified atom stereocenters. The van der Waals surface area contributed by atoms with Crippen molar-refractivity contribution in [2.45, 2.75) is 12.5 Å². The highest BCUT2D eigenvalue weighted by Crippen LogP contribution is 2.27. The average Bonchev–Trinajstić information content (AvgIpc) is 3.11. The zero-order chi connectivity index (χ0) is 16.7. The molecule has 1 amide bonds. The normalized spacial score (nSPS) is 16.9. The maximum atomic E-state index is 12.2. The molecule has 1 heterocycles. The Morgan fingerprint density at radius 2 is 1.91 bits per heavy atom. The molecule has 1 aromatic carbocycles. The first-order valence-electron chi connectivity index (χ1n) is 7.56. The summed E-state index contributed by atoms with van der Waals surface area (Å²) in [4.78, 5) is 13.9. The highest BCUT2D eigenvalue weighted by atomic mass is 32.2. The topological polar surface area (TPSA) is 60.0 Å². The van der Waals surface area contributed by atoms with Gasteiger partial charge >= 0.3 is 0 Å². The molecule has 0 saturated carbocycles. The van der Waals surface area contributed by atoms with Crippen LogP contribution >= 0.6 is 11.8 Å². The molecule has 1 N–H and O–H groups in total. The Kier molecular flexibility index (Phi) is 6.85. The van der Waals surface area contributed by atoms with Crippen LogP contribution in [0.5, 0.6) is 17.2 Å². The molecule has 1 saturated heterocycles. The van der Waals surface area contributed by atoms with Crippen LogP contribution in [0.2, 0.25) is 0 Å². The van der Waals surface area contributed by atoms with E-state index in [2.05, 4.69) is 5.32 Å². The van der Waals surface area contributed by atoms with E-state index in [9.17, 15) is 4.79 Å². The van der Waals surface area contributed by atoms with Crippen molar-refractivity contribution in [3.05, 3.63) is 18.2 Å². The molecule has 6 nitrogen and oxygen atoms in total. The summed E-state index contributed by atoms with van der Waals surface area (Å²) in [5, 5.41) is 3.19. The minimum absolute atomic E-state index is 0.0476. The number of benzene rings is 1. The van der Waals surface area contributed by atoms with Gasteiger partial charge in [-0.25, -0.2) is 0 Å². The molecule has 1 aliphatic rings. The van der Waals surface area contributed by atoms with E-state index >= 15 is 0 Å². The van der Waals surface area contributed by atoms with Gasteiger partial charge < -0.3 is 19.1 Å². The molecular formula is C16H24N2O4S. The molecule has 0 aliphatic carbocycles. The maximum Gasteiger partial charge on any atom is 0.240 e. The van der Waals surface area contributed by atoms with Crippen LogP contribution in [-0.2, 0) is 4.79 Å². The lowest BCUT2D eigenvalue weighted by molar-refractivity contribution is -0.131. The second-order valence-electron chi connectivity index (χ2n) is 5.28. The van der Waals surface area contributed by atoms with Crippen LogP contribution in [0.4, 0.5) is 0 Å². The number of amides is 1. The van der Waals surface area contributed by atoms with Gasteiger partial charge in [-0.15, -0.1) is 11.8 Å². The van der Waals surface area contributed by atoms with Gasteiger partial charge in [0.2, 0.25) is 5.91 Å². The molecular weight excluding hydrogens is 316 g/mol. The van der Waals surface area contributed by atoms with Gasteiger partial charge in [0.05, 0.1) is 26.9 Å². The Balaban J connectivity index is 1.75. The van der Waals surface area contributed by atoms with Gasteiger partial charge in [-0.2, -0.15) is 0 Å². The highest BCUT2D eigenvalue weighted by Gasteiger charge is 2.24. The Hall–Kier alpha value is -1.60. The third kappa shape index (κ3) is 5.21. The summed E-state index contributed by atoms with van der Waals surface area (Å²) in [7, 11) is 5.05. The van der Waals surface area contributed by atoms with Crippen LogP contribution in [0, 0.1) is 0 Å². The summed E-state index contributed by atoms with van der Waals surface area (Å²) in [5.74, 6) is 3.93. The first-order chi connectivity index (χ1) is 11.1. The number of hydrogen-bond acceptors (Lipinski definition) is 6. The van der Waals surface area contributed by atoms with Gasteiger partial charge in [-0.1, -0.05) is 0 Å². The summed E-state index contributed by atoms with van der Waals surface area (Å²) in [6, 6.07) is 5.38. The van der Waals surface area contributed by atoms with Crippen LogP contribution in [-0.4, -0.2) is 62.9 Å². The van der Waals surface area contributed by atoms with Crippen LogP contribution < -0.4 is 19.5 Å². The Labute approximate surface area is 141 Å². The van der Waals surface area contributed by atoms with Crippen molar-refractivity contribution in [1.29, 1.82) is 0 Å². The van der Waals surface area contributed by atoms with E-state index in [0.29, 0.717) is 30.4 Å². The van der Waals surface area contributed by atoms with E-state index in [4.69, 9.17) is 14.2 Å². The zero-order valence-corrected chi connectivity index (χ0v) is 14.6. The van der Waals surface area contributed by atoms with Gasteiger partial charge in [0.25, 0.3) is 0 Å². The van der Waals surface area contributed by atoms with Crippen molar-refractivity contribution in [1.82, 2.24) is 10.2 Å². The summed E-state index contributed by atoms with van der Waals surface area (Å²) in [5.41, 5.74) is 0. The largest absolute Gasteiger partial charge is 0.496 e. The zero-order valence-electron chi connectivity index (χ0n) is 13.8. The molecule has 128 valence electrons. The Bertz CT molecular complexity index is 499. The minimum Gasteiger partial charge on any atom is -0.496 e. The number of thioether (sulfide) groups is 1. The molecule has 0 spiro atoms. The minimum atomic E-state index is -0.0476. The van der Waals surface area contributed by atoms with Crippen molar-refractivity contribution in [2.75, 3.05) is 46.0 Å². The standard InChI is InChI=1S/C16H24N2O4S/c1-18(16(19)15-10-23-11-17-15)5-4-6-22-14-8-12(20-2)7-13(9-14)21-3/h7-9,15,17H,4-6,10-11H2,1-3H3. The van der Waals surface area contributed by atoms with E-state index in [1.807, 2.05) is 19.2 Å². The van der Waals surface area contributed by atoms with E-state index < -0.39 is 0 Å². The number of ether oxygens (including phenoxy) is 3. The number of carbonyl (C=O) groups excluding carboxylic acids is 1. The quantitative estimate of drug-likeness (QED) is 0.725. The molecule has 1 fully saturated rings. The number of likely N-dealkylation sites (N-methyl/N-ethyl adjacent to an activating group) is 1. The Morgan fingerprint density at radius 1 is 1.26 bits per heavy atom. The molecule has 2 rings (SSSR count). The molecule has 1 atom stereocenters. The van der Waals surface area contributed by atoms with Crippen LogP contribution in [0.25, 0.3) is 0 Å². The number of hydrogen-bond donors (Lipinski definition) is 1. The van der Waals surface area contributed by atoms with Crippen LogP contribution in [0.3, 0.4) is 0 Å². The summed E-state index contributed by atoms with van der Waals surface area (Å²) in [6.45, 7) is 1.20. The molecule has 7 heteroatoms. The number of methoxy groups -OCH3 is 2. The average molecular weight is 340 g/mol. The Morgan fingerprint density at radius 3 is 2.48 bits per heavy atom. The predicted octanol–water partition coefficient (Wildman–Crippen LogP) is 1.59. The van der Waals surface area contributed by atoms with Crippen molar-refractivity contribution >= 4 is 17.7 Å². The molecule has 0 bridgehead atoms. The molecule has 1 aliphatic heterocycles. The first kappa shape index (κ1) is 17.7. The first-order valence-corrected chi connectivity index (χ1v) is 8.71. The van der Waals surface area contributed by atoms with E-state index in [-0.39, 0.29) is 11.9 Å². The van der Waals surface area contributed by atoms with Gasteiger partial charge in [0.1, 0.15) is 17.2 Å². The van der Waals surface area contributed by atoms with Crippen molar-refractivity contribution in [3.63, 3.8) is 0 Å². The van der Waals surface area contributed by atoms with Gasteiger partial charge in [0, 0.05) is 43.4 Å². The molecule has 23 heavy (non-hydrogen) atoms. The fraction of sp³-hybridized carbons (Fsp3) is 0.562. The lowest BCUT2D eigenvalue weighted by Gasteiger charge is -2.20. The van der Waals surface area contributed by atoms with Gasteiger partial charge in [0.15, 0.2) is 0 Å². The van der Waals surface area contributed by atoms with Crippen LogP contribution in [0.15, 0.2) is 18.2 Å². The number of nitrogens with zero attached hydrogens (tertiary/aromatic N) is 1. The second-order valence-corrected chi connectivity index (χ2v) is 6.31. The third-order valence-electron chi connectivity index (χ3n) is 3.62. The summed E-state index contributed by atoms with van der Waals surface area (Å²) < 4.78 is 16.1. The third-order valence-corrected chi connectivity index (χ3v) is 4.56. The fourth-order valence-corrected chi connectivity index (χ4v) is 3.22. The monoisotopic (exact) mass is 340 g/mol. The van der Waals surface area contributed by atoms with Crippen molar-refractivity contribution in [3.8, 4) is 17.2 Å². The lowest BCUT2D eigenvalue weighted by atomic mass is 10.3. The molecule has 0 radical (unpaired) electrons. The second kappa shape index (κ2) is 8.88. The van der Waals surface area contributed by atoms with E-state index in [1.54, 1.807) is 36.9 Å². The van der Waals surface area contributed by atoms with Crippen molar-refractivity contribution in [2.24, 2.45) is 0 Å². The molecule has 1 aromatic rings. The van der Waals surface area contributed by atoms with Gasteiger partial charge in [-0.3, -0.25) is 10.1 Å². The maximum absolute atomic E-state index is 12.2. The number of rotatable bonds is 8. The number of nitrogens with one attached hydrogen (secondary N) is 1. The number of carbonyl (C=O) groups is 1. The van der Waals surface area contributed by atoms with E-state index in [1.165, 1.54) is 0 Å². The SMILES string of the molecule is COc1cc(OC)cc(OCCCN(C)C(=O)C2CSCN2)c1. The summed E-state index contributed by atoms with van der Waals surface area (Å²) in [6.07, 6.45) is 0.766. The highest BCUT2D eigenvalue weighted by molar-refractivity contribution is 7.99. The van der Waals surface area contributed by atoms with Crippen LogP contribution in [0.1, 0.15) is 6.42 Å². The molecule has 0 aromatic heterocycles. The fourth-order valence-electron chi connectivity index (χ4n) is 2.29. The predicted molar refractivity (Wildman–Crippen MR) is 91.5 cm³/mol. The lowest BCUT2D eigenvalue weighted by Crippen LogP contribution is -2.43. The summed E-state index contributed by atoms with van der Waals surface area (Å²) >= 11 is 1.75. The smallest absolute Gasteiger partial charge is 0.240 e. The van der Waals surface area contributed by atoms with Gasteiger partial charge in [-0.05, 0) is 6.42 Å². The van der Waals surface area contributed by atoms with E-state index in [0.717, 1.165) is 18.1 Å².